The van der Waals surface area contributed by atoms with Gasteiger partial charge >= 0.3 is 0 Å². The number of hydrogen-bond acceptors (Lipinski definition) is 2. The molecule has 20 heavy (non-hydrogen) atoms. The number of hydrogen-bond donors (Lipinski definition) is 0. The largest absolute Gasteiger partial charge is 0.316 e. The topological polar surface area (TPSA) is 34.4 Å². The van der Waals surface area contributed by atoms with E-state index >= 15 is 0 Å². The Morgan fingerprint density at radius 2 is 2.10 bits per heavy atom. The Balaban J connectivity index is 2.65. The molecule has 0 atom stereocenters. The van der Waals surface area contributed by atoms with Gasteiger partial charge in [-0.15, -0.1) is 0 Å². The van der Waals surface area contributed by atoms with Gasteiger partial charge in [0.05, 0.1) is 10.2 Å². The average Bonchev–Trinajstić information content (AvgIpc) is 2.76. The maximum Gasteiger partial charge on any atom is 0.248 e. The Kier molecular flexibility index (Phi) is 4.76. The summed E-state index contributed by atoms with van der Waals surface area (Å²) in [4.78, 5) is 16.7. The molecular weight excluding hydrogens is 268 g/mol. The third-order valence-electron chi connectivity index (χ3n) is 3.34. The van der Waals surface area contributed by atoms with Crippen LogP contribution in [0.4, 0.5) is 0 Å². The molecular formula is C16H22N2OS. The molecule has 0 bridgehead atoms. The molecule has 108 valence electrons. The van der Waals surface area contributed by atoms with Crippen LogP contribution in [-0.2, 0) is 11.3 Å². The van der Waals surface area contributed by atoms with Crippen molar-refractivity contribution in [1.29, 1.82) is 0 Å². The van der Waals surface area contributed by atoms with Gasteiger partial charge in [-0.05, 0) is 30.0 Å². The molecule has 0 saturated heterocycles. The van der Waals surface area contributed by atoms with Gasteiger partial charge in [-0.1, -0.05) is 45.1 Å². The number of nitrogens with zero attached hydrogens (tertiary/aromatic N) is 2. The summed E-state index contributed by atoms with van der Waals surface area (Å²) >= 11 is 1.61. The van der Waals surface area contributed by atoms with Gasteiger partial charge in [-0.3, -0.25) is 4.79 Å². The number of amides is 1. The maximum absolute atomic E-state index is 11.6. The molecule has 4 heteroatoms. The molecule has 0 radical (unpaired) electrons. The van der Waals surface area contributed by atoms with Crippen LogP contribution in [0.1, 0.15) is 52.0 Å². The Labute approximate surface area is 124 Å². The number of benzene rings is 1. The van der Waals surface area contributed by atoms with Crippen LogP contribution in [0.15, 0.2) is 23.2 Å². The summed E-state index contributed by atoms with van der Waals surface area (Å²) in [7, 11) is 0. The van der Waals surface area contributed by atoms with E-state index in [0.717, 1.165) is 17.8 Å². The van der Waals surface area contributed by atoms with Crippen molar-refractivity contribution in [2.24, 2.45) is 4.99 Å². The highest BCUT2D eigenvalue weighted by molar-refractivity contribution is 7.16. The third-order valence-corrected chi connectivity index (χ3v) is 4.38. The molecule has 3 nitrogen and oxygen atoms in total. The zero-order chi connectivity index (χ0) is 14.7. The number of fused-ring (bicyclic) bond motifs is 1. The molecule has 1 heterocycles. The molecule has 0 aliphatic heterocycles. The number of aryl methyl sites for hydroxylation is 1. The first-order chi connectivity index (χ1) is 9.56. The fourth-order valence-corrected chi connectivity index (χ4v) is 3.28. The van der Waals surface area contributed by atoms with Gasteiger partial charge in [0.2, 0.25) is 5.91 Å². The van der Waals surface area contributed by atoms with Gasteiger partial charge in [0.1, 0.15) is 0 Å². The third kappa shape index (κ3) is 3.01. The first kappa shape index (κ1) is 15.0. The van der Waals surface area contributed by atoms with Gasteiger partial charge in [-0.25, -0.2) is 0 Å². The Morgan fingerprint density at radius 1 is 1.35 bits per heavy atom. The Bertz CT molecular complexity index is 679. The average molecular weight is 290 g/mol. The second-order valence-electron chi connectivity index (χ2n) is 5.28. The lowest BCUT2D eigenvalue weighted by Gasteiger charge is -2.06. The van der Waals surface area contributed by atoms with E-state index in [0.29, 0.717) is 12.3 Å². The quantitative estimate of drug-likeness (QED) is 0.835. The number of carbonyl (C=O) groups excluding carboxylic acids is 1. The lowest BCUT2D eigenvalue weighted by Crippen LogP contribution is -2.16. The van der Waals surface area contributed by atoms with Crippen molar-refractivity contribution >= 4 is 27.5 Å². The van der Waals surface area contributed by atoms with E-state index in [1.165, 1.54) is 15.8 Å². The van der Waals surface area contributed by atoms with Crippen LogP contribution in [0.2, 0.25) is 0 Å². The minimum Gasteiger partial charge on any atom is -0.316 e. The molecule has 0 aliphatic carbocycles. The molecule has 1 aromatic heterocycles. The Hall–Kier alpha value is -1.42. The van der Waals surface area contributed by atoms with Crippen molar-refractivity contribution in [2.45, 2.75) is 53.0 Å². The second kappa shape index (κ2) is 6.35. The van der Waals surface area contributed by atoms with E-state index < -0.39 is 0 Å². The van der Waals surface area contributed by atoms with E-state index in [1.807, 2.05) is 6.92 Å². The maximum atomic E-state index is 11.6. The molecule has 0 spiro atoms. The van der Waals surface area contributed by atoms with Crippen molar-refractivity contribution in [2.75, 3.05) is 0 Å². The van der Waals surface area contributed by atoms with Crippen molar-refractivity contribution < 1.29 is 4.79 Å². The predicted molar refractivity (Wildman–Crippen MR) is 85.1 cm³/mol. The summed E-state index contributed by atoms with van der Waals surface area (Å²) in [6.07, 6.45) is 1.49. The van der Waals surface area contributed by atoms with Crippen molar-refractivity contribution in [3.8, 4) is 0 Å². The van der Waals surface area contributed by atoms with Crippen molar-refractivity contribution in [1.82, 2.24) is 4.57 Å². The Morgan fingerprint density at radius 3 is 2.70 bits per heavy atom. The van der Waals surface area contributed by atoms with Gasteiger partial charge in [0, 0.05) is 13.0 Å². The van der Waals surface area contributed by atoms with Crippen LogP contribution in [0.5, 0.6) is 0 Å². The minimum atomic E-state index is -0.0505. The molecule has 1 aromatic carbocycles. The van der Waals surface area contributed by atoms with Crippen LogP contribution in [0.3, 0.4) is 0 Å². The van der Waals surface area contributed by atoms with E-state index in [9.17, 15) is 4.79 Å². The van der Waals surface area contributed by atoms with E-state index in [2.05, 4.69) is 48.5 Å². The first-order valence-corrected chi connectivity index (χ1v) is 8.09. The molecule has 1 amide bonds. The normalized spacial score (nSPS) is 12.6. The monoisotopic (exact) mass is 290 g/mol. The van der Waals surface area contributed by atoms with Gasteiger partial charge in [0.15, 0.2) is 4.80 Å². The molecule has 2 aromatic rings. The summed E-state index contributed by atoms with van der Waals surface area (Å²) in [6, 6.07) is 6.57. The number of carbonyl (C=O) groups is 1. The summed E-state index contributed by atoms with van der Waals surface area (Å²) in [5.74, 6) is 0.462. The molecule has 0 unspecified atom stereocenters. The second-order valence-corrected chi connectivity index (χ2v) is 6.29. The zero-order valence-electron chi connectivity index (χ0n) is 12.6. The van der Waals surface area contributed by atoms with Crippen LogP contribution in [0, 0.1) is 0 Å². The van der Waals surface area contributed by atoms with Crippen LogP contribution >= 0.6 is 11.3 Å². The van der Waals surface area contributed by atoms with Crippen molar-refractivity contribution in [3.63, 3.8) is 0 Å². The fourth-order valence-electron chi connectivity index (χ4n) is 2.16. The minimum absolute atomic E-state index is 0.0505. The first-order valence-electron chi connectivity index (χ1n) is 7.27. The standard InChI is InChI=1S/C16H22N2OS/c1-5-9-18-13-8-7-12(11(3)4)10-14(13)20-16(18)17-15(19)6-2/h7-8,10-11H,5-6,9H2,1-4H3. The zero-order valence-corrected chi connectivity index (χ0v) is 13.5. The molecule has 0 aliphatic rings. The fraction of sp³-hybridized carbons (Fsp3) is 0.500. The van der Waals surface area contributed by atoms with Crippen molar-refractivity contribution in [3.05, 3.63) is 28.6 Å². The summed E-state index contributed by atoms with van der Waals surface area (Å²) in [6.45, 7) is 9.28. The molecule has 0 fully saturated rings. The van der Waals surface area contributed by atoms with E-state index in [-0.39, 0.29) is 5.91 Å². The van der Waals surface area contributed by atoms with Gasteiger partial charge in [-0.2, -0.15) is 4.99 Å². The SMILES string of the molecule is CCCn1c(=NC(=O)CC)sc2cc(C(C)C)ccc21. The van der Waals surface area contributed by atoms with Gasteiger partial charge < -0.3 is 4.57 Å². The summed E-state index contributed by atoms with van der Waals surface area (Å²) in [5.41, 5.74) is 2.51. The predicted octanol–water partition coefficient (Wildman–Crippen LogP) is 4.07. The summed E-state index contributed by atoms with van der Waals surface area (Å²) < 4.78 is 3.38. The van der Waals surface area contributed by atoms with Crippen LogP contribution < -0.4 is 4.80 Å². The van der Waals surface area contributed by atoms with Crippen LogP contribution in [-0.4, -0.2) is 10.5 Å². The lowest BCUT2D eigenvalue weighted by atomic mass is 10.0. The van der Waals surface area contributed by atoms with E-state index in [4.69, 9.17) is 0 Å². The molecule has 2 rings (SSSR count). The number of rotatable bonds is 4. The van der Waals surface area contributed by atoms with Gasteiger partial charge in [0.25, 0.3) is 0 Å². The highest BCUT2D eigenvalue weighted by Crippen LogP contribution is 2.23. The molecule has 0 N–H and O–H groups in total. The highest BCUT2D eigenvalue weighted by Gasteiger charge is 2.09. The smallest absolute Gasteiger partial charge is 0.248 e. The number of aromatic nitrogens is 1. The van der Waals surface area contributed by atoms with E-state index in [1.54, 1.807) is 11.3 Å². The highest BCUT2D eigenvalue weighted by atomic mass is 32.1. The summed E-state index contributed by atoms with van der Waals surface area (Å²) in [5, 5.41) is 0. The molecule has 0 saturated carbocycles. The number of thiazole rings is 1. The lowest BCUT2D eigenvalue weighted by molar-refractivity contribution is -0.117. The van der Waals surface area contributed by atoms with Crippen LogP contribution in [0.25, 0.3) is 10.2 Å².